The molecule has 12 nitrogen and oxygen atoms in total. The summed E-state index contributed by atoms with van der Waals surface area (Å²) in [5.41, 5.74) is 1.14. The summed E-state index contributed by atoms with van der Waals surface area (Å²) in [6.45, 7) is 2.61. The molecule has 2 N–H and O–H groups in total. The Morgan fingerprint density at radius 3 is 2.79 bits per heavy atom. The number of carbonyl (C=O) groups excluding carboxylic acids is 1. The van der Waals surface area contributed by atoms with Gasteiger partial charge < -0.3 is 24.6 Å². The van der Waals surface area contributed by atoms with Gasteiger partial charge in [0, 0.05) is 6.54 Å². The summed E-state index contributed by atoms with van der Waals surface area (Å²) in [5.74, 6) is -0.228. The number of rotatable bonds is 8. The number of hydrogen-bond donors (Lipinski definition) is 2. The van der Waals surface area contributed by atoms with Gasteiger partial charge in [-0.1, -0.05) is 6.07 Å². The zero-order chi connectivity index (χ0) is 24.1. The number of nitrogens with zero attached hydrogens (tertiary/aromatic N) is 6. The number of hydrogen-bond acceptors (Lipinski definition) is 10. The van der Waals surface area contributed by atoms with Crippen molar-refractivity contribution < 1.29 is 28.5 Å². The Kier molecular flexibility index (Phi) is 7.35. The van der Waals surface area contributed by atoms with Crippen molar-refractivity contribution in [2.24, 2.45) is 0 Å². The molecule has 1 saturated heterocycles. The summed E-state index contributed by atoms with van der Waals surface area (Å²) in [6.07, 6.45) is -0.599. The zero-order valence-electron chi connectivity index (χ0n) is 18.6. The van der Waals surface area contributed by atoms with Gasteiger partial charge in [-0.25, -0.2) is 14.4 Å². The van der Waals surface area contributed by atoms with Crippen molar-refractivity contribution in [2.45, 2.75) is 32.2 Å². The molecule has 0 aliphatic carbocycles. The maximum atomic E-state index is 13.6. The van der Waals surface area contributed by atoms with E-state index in [9.17, 15) is 9.18 Å². The standard InChI is InChI=1S/C21H24FN7O5/c1-12-24-17(20-26-28-29(27-20)8-14-10-34-15(9-30)11-33-14)6-18(25-12)21(31)23-7-13-3-4-16(22)19(5-13)32-2/h3-6,14-15,30H,7-11H2,1-2H3,(H,23,31)/t14-,15-/m0/s1. The number of amides is 1. The molecule has 4 rings (SSSR count). The van der Waals surface area contributed by atoms with E-state index in [0.29, 0.717) is 30.2 Å². The summed E-state index contributed by atoms with van der Waals surface area (Å²) in [5, 5.41) is 24.2. The number of aliphatic hydroxyl groups is 1. The molecular formula is C21H24FN7O5. The van der Waals surface area contributed by atoms with Crippen LogP contribution in [0.3, 0.4) is 0 Å². The number of halogens is 1. The van der Waals surface area contributed by atoms with Gasteiger partial charge in [-0.3, -0.25) is 4.79 Å². The van der Waals surface area contributed by atoms with E-state index in [4.69, 9.17) is 19.3 Å². The zero-order valence-corrected chi connectivity index (χ0v) is 18.6. The van der Waals surface area contributed by atoms with Crippen molar-refractivity contribution in [2.75, 3.05) is 26.9 Å². The molecule has 1 aliphatic heterocycles. The van der Waals surface area contributed by atoms with E-state index in [1.165, 1.54) is 30.1 Å². The van der Waals surface area contributed by atoms with Crippen molar-refractivity contribution >= 4 is 5.91 Å². The summed E-state index contributed by atoms with van der Waals surface area (Å²) >= 11 is 0. The Hall–Kier alpha value is -3.55. The minimum Gasteiger partial charge on any atom is -0.494 e. The minimum atomic E-state index is -0.480. The Bertz CT molecular complexity index is 1150. The van der Waals surface area contributed by atoms with E-state index >= 15 is 0 Å². The number of carbonyl (C=O) groups is 1. The quantitative estimate of drug-likeness (QED) is 0.468. The van der Waals surface area contributed by atoms with Crippen LogP contribution in [-0.2, 0) is 22.6 Å². The van der Waals surface area contributed by atoms with Crippen LogP contribution in [0.5, 0.6) is 5.75 Å². The van der Waals surface area contributed by atoms with E-state index in [2.05, 4.69) is 30.7 Å². The maximum absolute atomic E-state index is 13.6. The molecule has 1 aliphatic rings. The lowest BCUT2D eigenvalue weighted by Crippen LogP contribution is -2.40. The predicted octanol–water partition coefficient (Wildman–Crippen LogP) is 0.293. The van der Waals surface area contributed by atoms with Crippen molar-refractivity contribution in [3.63, 3.8) is 0 Å². The first-order chi connectivity index (χ1) is 16.4. The lowest BCUT2D eigenvalue weighted by atomic mass is 10.2. The monoisotopic (exact) mass is 473 g/mol. The summed E-state index contributed by atoms with van der Waals surface area (Å²) < 4.78 is 29.7. The van der Waals surface area contributed by atoms with E-state index in [-0.39, 0.29) is 49.2 Å². The highest BCUT2D eigenvalue weighted by molar-refractivity contribution is 5.93. The first kappa shape index (κ1) is 23.6. The normalized spacial score (nSPS) is 18.0. The summed E-state index contributed by atoms with van der Waals surface area (Å²) in [7, 11) is 1.37. The number of aromatic nitrogens is 6. The van der Waals surface area contributed by atoms with E-state index in [1.807, 2.05) is 0 Å². The van der Waals surface area contributed by atoms with Crippen LogP contribution in [0.2, 0.25) is 0 Å². The molecule has 1 amide bonds. The van der Waals surface area contributed by atoms with Gasteiger partial charge in [-0.15, -0.1) is 10.2 Å². The highest BCUT2D eigenvalue weighted by Gasteiger charge is 2.23. The van der Waals surface area contributed by atoms with Gasteiger partial charge in [0.2, 0.25) is 5.82 Å². The maximum Gasteiger partial charge on any atom is 0.270 e. The third kappa shape index (κ3) is 5.68. The highest BCUT2D eigenvalue weighted by Crippen LogP contribution is 2.18. The lowest BCUT2D eigenvalue weighted by Gasteiger charge is -2.27. The van der Waals surface area contributed by atoms with Crippen LogP contribution in [-0.4, -0.2) is 80.3 Å². The van der Waals surface area contributed by atoms with Gasteiger partial charge in [-0.05, 0) is 35.9 Å². The molecule has 0 bridgehead atoms. The van der Waals surface area contributed by atoms with Crippen LogP contribution in [0, 0.1) is 12.7 Å². The molecule has 2 atom stereocenters. The number of methoxy groups -OCH3 is 1. The molecule has 0 saturated carbocycles. The number of ether oxygens (including phenoxy) is 3. The van der Waals surface area contributed by atoms with Gasteiger partial charge >= 0.3 is 0 Å². The van der Waals surface area contributed by atoms with Crippen LogP contribution in [0.1, 0.15) is 21.9 Å². The number of nitrogens with one attached hydrogen (secondary N) is 1. The van der Waals surface area contributed by atoms with E-state index in [1.54, 1.807) is 13.0 Å². The Morgan fingerprint density at radius 2 is 2.06 bits per heavy atom. The topological polar surface area (TPSA) is 146 Å². The van der Waals surface area contributed by atoms with E-state index in [0.717, 1.165) is 0 Å². The fourth-order valence-corrected chi connectivity index (χ4v) is 3.28. The fourth-order valence-electron chi connectivity index (χ4n) is 3.28. The molecule has 1 fully saturated rings. The van der Waals surface area contributed by atoms with Crippen molar-refractivity contribution in [1.29, 1.82) is 0 Å². The molecule has 3 heterocycles. The predicted molar refractivity (Wildman–Crippen MR) is 114 cm³/mol. The second-order valence-electron chi connectivity index (χ2n) is 7.60. The minimum absolute atomic E-state index is 0.0967. The Morgan fingerprint density at radius 1 is 1.26 bits per heavy atom. The SMILES string of the molecule is COc1cc(CNC(=O)c2cc(-c3nnn(C[C@H]4CO[C@@H](CO)CO4)n3)nc(C)n2)ccc1F. The molecule has 1 aromatic carbocycles. The molecule has 0 unspecified atom stereocenters. The van der Waals surface area contributed by atoms with E-state index < -0.39 is 11.7 Å². The van der Waals surface area contributed by atoms with Gasteiger partial charge in [-0.2, -0.15) is 4.80 Å². The third-order valence-electron chi connectivity index (χ3n) is 5.03. The van der Waals surface area contributed by atoms with Crippen LogP contribution < -0.4 is 10.1 Å². The van der Waals surface area contributed by atoms with Crippen molar-refractivity contribution in [3.05, 3.63) is 47.2 Å². The van der Waals surface area contributed by atoms with Gasteiger partial charge in [0.1, 0.15) is 29.4 Å². The summed E-state index contributed by atoms with van der Waals surface area (Å²) in [4.78, 5) is 22.5. The van der Waals surface area contributed by atoms with Crippen LogP contribution in [0.4, 0.5) is 4.39 Å². The van der Waals surface area contributed by atoms with Crippen molar-refractivity contribution in [1.82, 2.24) is 35.5 Å². The number of aliphatic hydroxyl groups excluding tert-OH is 1. The molecule has 0 spiro atoms. The van der Waals surface area contributed by atoms with Gasteiger partial charge in [0.25, 0.3) is 5.91 Å². The molecule has 0 radical (unpaired) electrons. The number of benzene rings is 1. The second-order valence-corrected chi connectivity index (χ2v) is 7.60. The second kappa shape index (κ2) is 10.6. The smallest absolute Gasteiger partial charge is 0.270 e. The fraction of sp³-hybridized carbons (Fsp3) is 0.429. The molecule has 2 aromatic heterocycles. The Labute approximate surface area is 194 Å². The molecule has 3 aromatic rings. The van der Waals surface area contributed by atoms with Crippen LogP contribution >= 0.6 is 0 Å². The molecule has 13 heteroatoms. The average molecular weight is 473 g/mol. The van der Waals surface area contributed by atoms with Crippen LogP contribution in [0.25, 0.3) is 11.5 Å². The lowest BCUT2D eigenvalue weighted by molar-refractivity contribution is -0.150. The average Bonchev–Trinajstić information content (AvgIpc) is 3.32. The molecular weight excluding hydrogens is 449 g/mol. The number of aryl methyl sites for hydroxylation is 1. The van der Waals surface area contributed by atoms with Gasteiger partial charge in [0.05, 0.1) is 33.5 Å². The van der Waals surface area contributed by atoms with Crippen molar-refractivity contribution in [3.8, 4) is 17.3 Å². The molecule has 180 valence electrons. The third-order valence-corrected chi connectivity index (χ3v) is 5.03. The Balaban J connectivity index is 1.41. The summed E-state index contributed by atoms with van der Waals surface area (Å²) in [6, 6.07) is 5.82. The highest BCUT2D eigenvalue weighted by atomic mass is 19.1. The van der Waals surface area contributed by atoms with Crippen LogP contribution in [0.15, 0.2) is 24.3 Å². The van der Waals surface area contributed by atoms with Gasteiger partial charge in [0.15, 0.2) is 11.6 Å². The first-order valence-electron chi connectivity index (χ1n) is 10.5. The largest absolute Gasteiger partial charge is 0.494 e. The number of tetrazole rings is 1. The molecule has 34 heavy (non-hydrogen) atoms. The first-order valence-corrected chi connectivity index (χ1v) is 10.5.